The first-order valence-corrected chi connectivity index (χ1v) is 6.83. The maximum atomic E-state index is 10.4. The number of nitrogens with two attached hydrogens (primary N) is 1. The zero-order valence-corrected chi connectivity index (χ0v) is 21.9. The van der Waals surface area contributed by atoms with Crippen LogP contribution in [0.25, 0.3) is 0 Å². The molecule has 1 aromatic rings. The van der Waals surface area contributed by atoms with Crippen LogP contribution in [-0.2, 0) is 25.6 Å². The number of carboxylic acids is 4. The summed E-state index contributed by atoms with van der Waals surface area (Å²) in [5, 5.41) is 47.4. The van der Waals surface area contributed by atoms with Crippen LogP contribution in [0.2, 0.25) is 0 Å². The van der Waals surface area contributed by atoms with Crippen molar-refractivity contribution in [2.75, 3.05) is 0 Å². The number of carbonyl (C=O) groups excluding carboxylic acids is 3. The van der Waals surface area contributed by atoms with Crippen molar-refractivity contribution in [1.29, 1.82) is 0 Å². The molecule has 138 valence electrons. The molecule has 0 spiro atoms. The quantitative estimate of drug-likeness (QED) is 0.337. The van der Waals surface area contributed by atoms with Gasteiger partial charge in [-0.3, -0.25) is 4.79 Å². The second-order valence-corrected chi connectivity index (χ2v) is 5.05. The Kier molecular flexibility index (Phi) is 22.6. The van der Waals surface area contributed by atoms with Crippen LogP contribution in [0.1, 0.15) is 18.4 Å². The number of carboxylic acid groups (broad SMARTS) is 4. The second kappa shape index (κ2) is 17.8. The van der Waals surface area contributed by atoms with Gasteiger partial charge in [-0.2, -0.15) is 0 Å². The smallest absolute Gasteiger partial charge is 0.550 e. The molecular weight excluding hydrogens is 407 g/mol. The number of aliphatic hydroxyl groups is 1. The van der Waals surface area contributed by atoms with E-state index in [-0.39, 0.29) is 88.7 Å². The number of carbonyl (C=O) groups is 4. The zero-order valence-electron chi connectivity index (χ0n) is 15.9. The summed E-state index contributed by atoms with van der Waals surface area (Å²) < 4.78 is 0. The first-order chi connectivity index (χ1) is 11.5. The van der Waals surface area contributed by atoms with Gasteiger partial charge in [-0.05, 0) is 12.0 Å². The summed E-state index contributed by atoms with van der Waals surface area (Å²) in [6, 6.07) is 8.54. The van der Waals surface area contributed by atoms with Crippen LogP contribution < -0.4 is 110 Å². The molecule has 0 aromatic heterocycles. The second-order valence-electron chi connectivity index (χ2n) is 5.05. The number of hydrogen-bond acceptors (Lipinski definition) is 9. The molecule has 0 aliphatic carbocycles. The zero-order chi connectivity index (χ0) is 19.6. The molecule has 13 heteroatoms. The molecule has 0 aliphatic heterocycles. The molecule has 0 saturated heterocycles. The van der Waals surface area contributed by atoms with E-state index in [0.717, 1.165) is 5.56 Å². The van der Waals surface area contributed by atoms with Gasteiger partial charge >= 0.3 is 94.6 Å². The summed E-state index contributed by atoms with van der Waals surface area (Å²) >= 11 is 0. The minimum atomic E-state index is -2.97. The van der Waals surface area contributed by atoms with Crippen LogP contribution in [0, 0.1) is 0 Å². The van der Waals surface area contributed by atoms with E-state index in [4.69, 9.17) is 15.9 Å². The average Bonchev–Trinajstić information content (AvgIpc) is 2.46. The van der Waals surface area contributed by atoms with E-state index in [1.165, 1.54) is 0 Å². The Balaban J connectivity index is -0.000000186. The van der Waals surface area contributed by atoms with Gasteiger partial charge in [0.2, 0.25) is 0 Å². The van der Waals surface area contributed by atoms with Gasteiger partial charge in [0, 0.05) is 24.8 Å². The fraction of sp³-hybridized carbons (Fsp3) is 0.333. The maximum Gasteiger partial charge on any atom is 1.00 e. The number of rotatable bonds is 8. The molecule has 0 heterocycles. The van der Waals surface area contributed by atoms with Crippen molar-refractivity contribution >= 4 is 23.9 Å². The van der Waals surface area contributed by atoms with Gasteiger partial charge in [-0.15, -0.1) is 0 Å². The van der Waals surface area contributed by atoms with Gasteiger partial charge in [0.15, 0.2) is 0 Å². The summed E-state index contributed by atoms with van der Waals surface area (Å²) in [6.45, 7) is 0. The Morgan fingerprint density at radius 1 is 0.929 bits per heavy atom. The van der Waals surface area contributed by atoms with Crippen LogP contribution in [0.15, 0.2) is 30.3 Å². The van der Waals surface area contributed by atoms with Crippen LogP contribution >= 0.6 is 0 Å². The SMILES string of the molecule is N[C@@H](Cc1ccccc1)C(=O)O.O=C([O-])CC(O)(CC(=O)[O-])C(=O)[O-].[Na+].[Na+].[Na+]. The average molecular weight is 423 g/mol. The van der Waals surface area contributed by atoms with Crippen molar-refractivity contribution in [1.82, 2.24) is 0 Å². The van der Waals surface area contributed by atoms with Gasteiger partial charge in [0.05, 0.1) is 5.97 Å². The Hall–Kier alpha value is 0.0200. The normalized spacial score (nSPS) is 10.4. The Bertz CT molecular complexity index is 612. The third-order valence-electron chi connectivity index (χ3n) is 2.87. The molecule has 0 radical (unpaired) electrons. The van der Waals surface area contributed by atoms with Gasteiger partial charge < -0.3 is 45.6 Å². The Morgan fingerprint density at radius 2 is 1.32 bits per heavy atom. The minimum absolute atomic E-state index is 0. The van der Waals surface area contributed by atoms with E-state index >= 15 is 0 Å². The topological polar surface area (TPSA) is 204 Å². The summed E-state index contributed by atoms with van der Waals surface area (Å²) in [6.07, 6.45) is -2.33. The van der Waals surface area contributed by atoms with Gasteiger partial charge in [0.1, 0.15) is 11.6 Å². The number of aliphatic carboxylic acids is 4. The third-order valence-corrected chi connectivity index (χ3v) is 2.87. The van der Waals surface area contributed by atoms with Gasteiger partial charge in [-0.1, -0.05) is 30.3 Å². The molecule has 1 rings (SSSR count). The molecule has 0 bridgehead atoms. The van der Waals surface area contributed by atoms with Crippen LogP contribution in [-0.4, -0.2) is 45.7 Å². The van der Waals surface area contributed by atoms with E-state index in [0.29, 0.717) is 6.42 Å². The third kappa shape index (κ3) is 15.9. The standard InChI is InChI=1S/C9H11NO2.C6H8O7.3Na/c10-8(9(11)12)6-7-4-2-1-3-5-7;7-3(8)1-6(13,5(11)12)2-4(9)10;;;/h1-5,8H,6,10H2,(H,11,12);13H,1-2H2,(H,7,8)(H,9,10)(H,11,12);;;/q;;3*+1/p-3/t8-;;;;/m0..../s1. The number of benzene rings is 1. The summed E-state index contributed by atoms with van der Waals surface area (Å²) in [7, 11) is 0. The maximum absolute atomic E-state index is 10.4. The molecule has 10 nitrogen and oxygen atoms in total. The van der Waals surface area contributed by atoms with Crippen molar-refractivity contribution in [3.05, 3.63) is 35.9 Å². The molecule has 1 aromatic carbocycles. The molecule has 0 fully saturated rings. The molecule has 4 N–H and O–H groups in total. The Labute approximate surface area is 227 Å². The predicted octanol–water partition coefficient (Wildman–Crippen LogP) is -13.6. The van der Waals surface area contributed by atoms with Crippen molar-refractivity contribution < 1.29 is 133 Å². The van der Waals surface area contributed by atoms with Crippen LogP contribution in [0.4, 0.5) is 0 Å². The predicted molar refractivity (Wildman–Crippen MR) is 75.0 cm³/mol. The van der Waals surface area contributed by atoms with Crippen molar-refractivity contribution in [3.8, 4) is 0 Å². The molecular formula is C15H16NNa3O9. The minimum Gasteiger partial charge on any atom is -0.550 e. The summed E-state index contributed by atoms with van der Waals surface area (Å²) in [5.74, 6) is -6.94. The van der Waals surface area contributed by atoms with Crippen molar-refractivity contribution in [2.24, 2.45) is 5.73 Å². The molecule has 28 heavy (non-hydrogen) atoms. The van der Waals surface area contributed by atoms with E-state index in [1.807, 2.05) is 30.3 Å². The largest absolute Gasteiger partial charge is 1.00 e. The van der Waals surface area contributed by atoms with E-state index < -0.39 is 48.4 Å². The monoisotopic (exact) mass is 423 g/mol. The fourth-order valence-corrected chi connectivity index (χ4v) is 1.64. The molecule has 1 atom stereocenters. The van der Waals surface area contributed by atoms with Crippen LogP contribution in [0.5, 0.6) is 0 Å². The van der Waals surface area contributed by atoms with E-state index in [2.05, 4.69) is 0 Å². The van der Waals surface area contributed by atoms with Gasteiger partial charge in [-0.25, -0.2) is 0 Å². The summed E-state index contributed by atoms with van der Waals surface area (Å²) in [4.78, 5) is 40.4. The van der Waals surface area contributed by atoms with Crippen molar-refractivity contribution in [2.45, 2.75) is 30.9 Å². The molecule has 0 unspecified atom stereocenters. The molecule has 0 amide bonds. The Morgan fingerprint density at radius 3 is 1.61 bits per heavy atom. The van der Waals surface area contributed by atoms with Gasteiger partial charge in [0.25, 0.3) is 0 Å². The van der Waals surface area contributed by atoms with E-state index in [9.17, 15) is 34.5 Å². The molecule has 0 saturated carbocycles. The summed E-state index contributed by atoms with van der Waals surface area (Å²) in [5.41, 5.74) is 3.33. The van der Waals surface area contributed by atoms with Crippen LogP contribution in [0.3, 0.4) is 0 Å². The fourth-order valence-electron chi connectivity index (χ4n) is 1.64. The van der Waals surface area contributed by atoms with E-state index in [1.54, 1.807) is 0 Å². The first kappa shape index (κ1) is 35.5. The molecule has 0 aliphatic rings. The first-order valence-electron chi connectivity index (χ1n) is 6.83. The van der Waals surface area contributed by atoms with Crippen molar-refractivity contribution in [3.63, 3.8) is 0 Å². The number of hydrogen-bond donors (Lipinski definition) is 3.